The largest absolute Gasteiger partial charge is 0.493 e. The molecule has 104 valence electrons. The first-order valence-electron chi connectivity index (χ1n) is 6.74. The molecule has 3 rings (SSSR count). The second kappa shape index (κ2) is 5.95. The van der Waals surface area contributed by atoms with Crippen molar-refractivity contribution in [3.63, 3.8) is 0 Å². The summed E-state index contributed by atoms with van der Waals surface area (Å²) in [6.45, 7) is 3.12. The summed E-state index contributed by atoms with van der Waals surface area (Å²) >= 11 is 4.09. The second-order valence-electron chi connectivity index (χ2n) is 5.02. The minimum absolute atomic E-state index is 0.221. The van der Waals surface area contributed by atoms with Gasteiger partial charge in [-0.1, -0.05) is 19.1 Å². The molecule has 3 nitrogen and oxygen atoms in total. The molecule has 2 aliphatic heterocycles. The Balaban J connectivity index is 1.85. The molecule has 3 unspecified atom stereocenters. The van der Waals surface area contributed by atoms with Gasteiger partial charge >= 0.3 is 0 Å². The maximum atomic E-state index is 5.84. The van der Waals surface area contributed by atoms with Gasteiger partial charge < -0.3 is 4.74 Å². The topological polar surface area (TPSA) is 47.3 Å². The Morgan fingerprint density at radius 3 is 3.00 bits per heavy atom. The van der Waals surface area contributed by atoms with Crippen molar-refractivity contribution in [2.75, 3.05) is 18.1 Å². The number of hydrogen-bond acceptors (Lipinski definition) is 5. The number of thioether (sulfide) groups is 2. The summed E-state index contributed by atoms with van der Waals surface area (Å²) in [7, 11) is 0. The van der Waals surface area contributed by atoms with Crippen LogP contribution in [0.25, 0.3) is 0 Å². The number of rotatable bonds is 3. The Kier molecular flexibility index (Phi) is 4.27. The van der Waals surface area contributed by atoms with Crippen molar-refractivity contribution in [2.24, 2.45) is 5.84 Å². The molecule has 2 aliphatic rings. The molecular formula is C14H20N2OS2. The smallest absolute Gasteiger partial charge is 0.122 e. The van der Waals surface area contributed by atoms with E-state index < -0.39 is 0 Å². The molecule has 0 aromatic heterocycles. The molecule has 1 aromatic rings. The summed E-state index contributed by atoms with van der Waals surface area (Å²) < 4.78 is 5.57. The van der Waals surface area contributed by atoms with Crippen LogP contribution in [0.5, 0.6) is 5.75 Å². The predicted molar refractivity (Wildman–Crippen MR) is 83.9 cm³/mol. The SMILES string of the molecule is CC1SCCSC1C(NN)c1ccc2c(c1)CCO2. The zero-order valence-corrected chi connectivity index (χ0v) is 12.7. The zero-order valence-electron chi connectivity index (χ0n) is 11.1. The van der Waals surface area contributed by atoms with Crippen LogP contribution in [0.15, 0.2) is 18.2 Å². The summed E-state index contributed by atoms with van der Waals surface area (Å²) in [5.74, 6) is 9.34. The number of benzene rings is 1. The van der Waals surface area contributed by atoms with Crippen LogP contribution in [0.2, 0.25) is 0 Å². The van der Waals surface area contributed by atoms with Gasteiger partial charge in [-0.3, -0.25) is 11.3 Å². The molecule has 1 aromatic carbocycles. The molecular weight excluding hydrogens is 276 g/mol. The molecule has 3 atom stereocenters. The van der Waals surface area contributed by atoms with Crippen molar-refractivity contribution >= 4 is 23.5 Å². The first kappa shape index (κ1) is 13.6. The molecule has 19 heavy (non-hydrogen) atoms. The molecule has 5 heteroatoms. The fourth-order valence-corrected chi connectivity index (χ4v) is 5.73. The predicted octanol–water partition coefficient (Wildman–Crippen LogP) is 2.36. The van der Waals surface area contributed by atoms with E-state index >= 15 is 0 Å². The van der Waals surface area contributed by atoms with E-state index in [0.29, 0.717) is 10.5 Å². The third kappa shape index (κ3) is 2.75. The second-order valence-corrected chi connectivity index (χ2v) is 7.79. The normalized spacial score (nSPS) is 27.7. The highest BCUT2D eigenvalue weighted by molar-refractivity contribution is 8.07. The molecule has 0 spiro atoms. The highest BCUT2D eigenvalue weighted by Gasteiger charge is 2.31. The minimum atomic E-state index is 0.221. The van der Waals surface area contributed by atoms with Crippen LogP contribution >= 0.6 is 23.5 Å². The van der Waals surface area contributed by atoms with E-state index in [2.05, 4.69) is 30.5 Å². The fraction of sp³-hybridized carbons (Fsp3) is 0.571. The third-order valence-corrected chi connectivity index (χ3v) is 7.01. The van der Waals surface area contributed by atoms with Gasteiger partial charge in [0.2, 0.25) is 0 Å². The molecule has 3 N–H and O–H groups in total. The van der Waals surface area contributed by atoms with E-state index in [4.69, 9.17) is 10.6 Å². The minimum Gasteiger partial charge on any atom is -0.493 e. The van der Waals surface area contributed by atoms with Gasteiger partial charge in [0.15, 0.2) is 0 Å². The summed E-state index contributed by atoms with van der Waals surface area (Å²) in [6.07, 6.45) is 1.02. The average molecular weight is 296 g/mol. The van der Waals surface area contributed by atoms with E-state index in [-0.39, 0.29) is 6.04 Å². The van der Waals surface area contributed by atoms with Gasteiger partial charge in [-0.05, 0) is 17.2 Å². The Morgan fingerprint density at radius 2 is 2.21 bits per heavy atom. The van der Waals surface area contributed by atoms with Crippen LogP contribution in [-0.2, 0) is 6.42 Å². The fourth-order valence-electron chi connectivity index (χ4n) is 2.80. The standard InChI is InChI=1S/C14H20N2OS2/c1-9-14(19-7-6-18-9)13(16-15)11-2-3-12-10(8-11)4-5-17-12/h2-3,8-9,13-14,16H,4-7,15H2,1H3. The van der Waals surface area contributed by atoms with Gasteiger partial charge in [-0.2, -0.15) is 23.5 Å². The Hall–Kier alpha value is -0.360. The van der Waals surface area contributed by atoms with E-state index in [0.717, 1.165) is 18.8 Å². The highest BCUT2D eigenvalue weighted by atomic mass is 32.2. The molecule has 0 aliphatic carbocycles. The molecule has 2 heterocycles. The molecule has 0 amide bonds. The van der Waals surface area contributed by atoms with Crippen molar-refractivity contribution in [3.05, 3.63) is 29.3 Å². The van der Waals surface area contributed by atoms with E-state index in [9.17, 15) is 0 Å². The number of nitrogens with one attached hydrogen (secondary N) is 1. The van der Waals surface area contributed by atoms with Gasteiger partial charge in [0.1, 0.15) is 5.75 Å². The molecule has 0 saturated carbocycles. The summed E-state index contributed by atoms with van der Waals surface area (Å²) in [5.41, 5.74) is 5.64. The van der Waals surface area contributed by atoms with Gasteiger partial charge in [-0.15, -0.1) is 0 Å². The van der Waals surface area contributed by atoms with Crippen LogP contribution in [-0.4, -0.2) is 28.6 Å². The summed E-state index contributed by atoms with van der Waals surface area (Å²) in [6, 6.07) is 6.73. The van der Waals surface area contributed by atoms with Crippen LogP contribution < -0.4 is 16.0 Å². The Labute approximate surface area is 123 Å². The van der Waals surface area contributed by atoms with Crippen LogP contribution in [0.1, 0.15) is 24.1 Å². The lowest BCUT2D eigenvalue weighted by molar-refractivity contribution is 0.356. The number of nitrogens with two attached hydrogens (primary N) is 1. The van der Waals surface area contributed by atoms with Crippen molar-refractivity contribution < 1.29 is 4.74 Å². The molecule has 1 fully saturated rings. The lowest BCUT2D eigenvalue weighted by Crippen LogP contribution is -2.40. The maximum absolute atomic E-state index is 5.84. The van der Waals surface area contributed by atoms with Crippen LogP contribution in [0.4, 0.5) is 0 Å². The van der Waals surface area contributed by atoms with Crippen molar-refractivity contribution in [2.45, 2.75) is 29.9 Å². The monoisotopic (exact) mass is 296 g/mol. The van der Waals surface area contributed by atoms with Crippen molar-refractivity contribution in [1.29, 1.82) is 0 Å². The first-order valence-corrected chi connectivity index (χ1v) is 8.84. The number of fused-ring (bicyclic) bond motifs is 1. The highest BCUT2D eigenvalue weighted by Crippen LogP contribution is 2.39. The van der Waals surface area contributed by atoms with E-state index in [1.54, 1.807) is 0 Å². The first-order chi connectivity index (χ1) is 9.29. The van der Waals surface area contributed by atoms with Crippen LogP contribution in [0, 0.1) is 0 Å². The molecule has 0 bridgehead atoms. The maximum Gasteiger partial charge on any atom is 0.122 e. The zero-order chi connectivity index (χ0) is 13.2. The summed E-state index contributed by atoms with van der Waals surface area (Å²) in [4.78, 5) is 0. The van der Waals surface area contributed by atoms with Crippen molar-refractivity contribution in [3.8, 4) is 5.75 Å². The number of ether oxygens (including phenoxy) is 1. The van der Waals surface area contributed by atoms with Gasteiger partial charge in [0, 0.05) is 28.4 Å². The summed E-state index contributed by atoms with van der Waals surface area (Å²) in [5, 5.41) is 1.16. The van der Waals surface area contributed by atoms with Crippen LogP contribution in [0.3, 0.4) is 0 Å². The van der Waals surface area contributed by atoms with E-state index in [1.165, 1.54) is 22.6 Å². The van der Waals surface area contributed by atoms with Crippen molar-refractivity contribution in [1.82, 2.24) is 5.43 Å². The molecule has 0 radical (unpaired) electrons. The van der Waals surface area contributed by atoms with E-state index in [1.807, 2.05) is 23.5 Å². The van der Waals surface area contributed by atoms with Gasteiger partial charge in [0.25, 0.3) is 0 Å². The Bertz CT molecular complexity index is 455. The quantitative estimate of drug-likeness (QED) is 0.662. The van der Waals surface area contributed by atoms with Gasteiger partial charge in [-0.25, -0.2) is 0 Å². The molecule has 1 saturated heterocycles. The Morgan fingerprint density at radius 1 is 1.37 bits per heavy atom. The number of hydrazine groups is 1. The van der Waals surface area contributed by atoms with Gasteiger partial charge in [0.05, 0.1) is 12.6 Å². The lowest BCUT2D eigenvalue weighted by Gasteiger charge is -2.34. The lowest BCUT2D eigenvalue weighted by atomic mass is 9.99. The third-order valence-electron chi connectivity index (χ3n) is 3.82. The number of hydrogen-bond donors (Lipinski definition) is 2. The average Bonchev–Trinajstić information content (AvgIpc) is 2.89.